The van der Waals surface area contributed by atoms with Gasteiger partial charge in [-0.05, 0) is 23.8 Å². The fourth-order valence-electron chi connectivity index (χ4n) is 2.83. The van der Waals surface area contributed by atoms with Crippen LogP contribution in [-0.2, 0) is 16.0 Å². The third-order valence-electron chi connectivity index (χ3n) is 4.12. The molecule has 0 aliphatic carbocycles. The fourth-order valence-corrected chi connectivity index (χ4v) is 2.83. The van der Waals surface area contributed by atoms with Gasteiger partial charge in [0.05, 0.1) is 25.9 Å². The van der Waals surface area contributed by atoms with E-state index in [1.54, 1.807) is 19.2 Å². The number of benzene rings is 1. The molecule has 1 saturated heterocycles. The predicted molar refractivity (Wildman–Crippen MR) is 73.5 cm³/mol. The Balaban J connectivity index is 1.79. The highest BCUT2D eigenvalue weighted by molar-refractivity contribution is 5.95. The molecule has 0 saturated carbocycles. The highest BCUT2D eigenvalue weighted by Crippen LogP contribution is 2.27. The van der Waals surface area contributed by atoms with Crippen molar-refractivity contribution in [2.24, 2.45) is 5.92 Å². The number of hydrogen-bond donors (Lipinski definition) is 1. The molecule has 112 valence electrons. The first-order valence-electron chi connectivity index (χ1n) is 6.91. The number of fused-ring (bicyclic) bond motifs is 1. The van der Waals surface area contributed by atoms with Crippen molar-refractivity contribution in [1.82, 2.24) is 4.90 Å². The SMILES string of the molecule is CN(C(=O)c1ccc2c(c1)CCO2)C1COCC1C(=O)O. The zero-order chi connectivity index (χ0) is 15.0. The molecule has 1 aromatic carbocycles. The van der Waals surface area contributed by atoms with E-state index in [-0.39, 0.29) is 19.1 Å². The predicted octanol–water partition coefficient (Wildman–Crippen LogP) is 0.793. The maximum atomic E-state index is 12.5. The second kappa shape index (κ2) is 5.37. The van der Waals surface area contributed by atoms with Gasteiger partial charge in [-0.1, -0.05) is 0 Å². The van der Waals surface area contributed by atoms with Gasteiger partial charge < -0.3 is 19.5 Å². The molecule has 1 fully saturated rings. The quantitative estimate of drug-likeness (QED) is 0.891. The summed E-state index contributed by atoms with van der Waals surface area (Å²) in [6, 6.07) is 4.91. The Morgan fingerprint density at radius 1 is 1.33 bits per heavy atom. The first kappa shape index (κ1) is 13.9. The maximum absolute atomic E-state index is 12.5. The molecule has 0 aromatic heterocycles. The number of carboxylic acids is 1. The molecule has 0 radical (unpaired) electrons. The van der Waals surface area contributed by atoms with Gasteiger partial charge in [-0.25, -0.2) is 0 Å². The molecule has 2 unspecified atom stereocenters. The summed E-state index contributed by atoms with van der Waals surface area (Å²) in [7, 11) is 1.63. The number of amides is 1. The van der Waals surface area contributed by atoms with Crippen LogP contribution in [0.3, 0.4) is 0 Å². The Morgan fingerprint density at radius 3 is 2.90 bits per heavy atom. The molecule has 1 amide bonds. The van der Waals surface area contributed by atoms with E-state index >= 15 is 0 Å². The number of rotatable bonds is 3. The number of carbonyl (C=O) groups excluding carboxylic acids is 1. The van der Waals surface area contributed by atoms with Crippen molar-refractivity contribution in [2.45, 2.75) is 12.5 Å². The molecule has 6 nitrogen and oxygen atoms in total. The van der Waals surface area contributed by atoms with Gasteiger partial charge in [0.2, 0.25) is 0 Å². The minimum atomic E-state index is -0.931. The third kappa shape index (κ3) is 2.47. The lowest BCUT2D eigenvalue weighted by atomic mass is 10.0. The molecule has 2 heterocycles. The van der Waals surface area contributed by atoms with Crippen LogP contribution >= 0.6 is 0 Å². The van der Waals surface area contributed by atoms with Gasteiger partial charge in [-0.15, -0.1) is 0 Å². The lowest BCUT2D eigenvalue weighted by molar-refractivity contribution is -0.142. The van der Waals surface area contributed by atoms with E-state index in [0.717, 1.165) is 17.7 Å². The lowest BCUT2D eigenvalue weighted by Crippen LogP contribution is -2.44. The van der Waals surface area contributed by atoms with Crippen LogP contribution < -0.4 is 4.74 Å². The molecule has 21 heavy (non-hydrogen) atoms. The van der Waals surface area contributed by atoms with Crippen molar-refractivity contribution in [3.8, 4) is 5.75 Å². The number of carbonyl (C=O) groups is 2. The lowest BCUT2D eigenvalue weighted by Gasteiger charge is -2.26. The molecule has 2 atom stereocenters. The summed E-state index contributed by atoms with van der Waals surface area (Å²) < 4.78 is 10.6. The van der Waals surface area contributed by atoms with Gasteiger partial charge in [0, 0.05) is 19.0 Å². The average molecular weight is 291 g/mol. The summed E-state index contributed by atoms with van der Waals surface area (Å²) >= 11 is 0. The summed E-state index contributed by atoms with van der Waals surface area (Å²) in [5.74, 6) is -0.968. The van der Waals surface area contributed by atoms with Crippen molar-refractivity contribution in [1.29, 1.82) is 0 Å². The smallest absolute Gasteiger partial charge is 0.311 e. The number of nitrogens with zero attached hydrogens (tertiary/aromatic N) is 1. The molecule has 3 rings (SSSR count). The minimum Gasteiger partial charge on any atom is -0.493 e. The number of carboxylic acid groups (broad SMARTS) is 1. The van der Waals surface area contributed by atoms with E-state index < -0.39 is 17.9 Å². The van der Waals surface area contributed by atoms with E-state index in [1.807, 2.05) is 6.07 Å². The van der Waals surface area contributed by atoms with E-state index in [9.17, 15) is 14.7 Å². The van der Waals surface area contributed by atoms with Crippen LogP contribution in [0.1, 0.15) is 15.9 Å². The molecule has 2 aliphatic rings. The summed E-state index contributed by atoms with van der Waals surface area (Å²) in [5.41, 5.74) is 1.57. The van der Waals surface area contributed by atoms with E-state index in [4.69, 9.17) is 9.47 Å². The van der Waals surface area contributed by atoms with Crippen molar-refractivity contribution in [2.75, 3.05) is 26.9 Å². The summed E-state index contributed by atoms with van der Waals surface area (Å²) in [5, 5.41) is 9.18. The Hall–Kier alpha value is -2.08. The highest BCUT2D eigenvalue weighted by atomic mass is 16.5. The number of hydrogen-bond acceptors (Lipinski definition) is 4. The Kier molecular flexibility index (Phi) is 3.55. The van der Waals surface area contributed by atoms with E-state index in [2.05, 4.69) is 0 Å². The zero-order valence-corrected chi connectivity index (χ0v) is 11.7. The molecular formula is C15H17NO5. The Morgan fingerprint density at radius 2 is 2.14 bits per heavy atom. The highest BCUT2D eigenvalue weighted by Gasteiger charge is 2.38. The van der Waals surface area contributed by atoms with Gasteiger partial charge >= 0.3 is 5.97 Å². The standard InChI is InChI=1S/C15H17NO5/c1-16(12-8-20-7-11(12)15(18)19)14(17)10-2-3-13-9(6-10)4-5-21-13/h2-3,6,11-12H,4-5,7-8H2,1H3,(H,18,19). The van der Waals surface area contributed by atoms with Crippen LogP contribution in [0.2, 0.25) is 0 Å². The molecule has 0 bridgehead atoms. The largest absolute Gasteiger partial charge is 0.493 e. The van der Waals surface area contributed by atoms with Gasteiger partial charge in [0.25, 0.3) is 5.91 Å². The van der Waals surface area contributed by atoms with E-state index in [0.29, 0.717) is 12.2 Å². The minimum absolute atomic E-state index is 0.148. The van der Waals surface area contributed by atoms with Crippen molar-refractivity contribution in [3.63, 3.8) is 0 Å². The second-order valence-electron chi connectivity index (χ2n) is 5.39. The third-order valence-corrected chi connectivity index (χ3v) is 4.12. The van der Waals surface area contributed by atoms with Crippen LogP contribution in [0.15, 0.2) is 18.2 Å². The fraction of sp³-hybridized carbons (Fsp3) is 0.467. The van der Waals surface area contributed by atoms with Gasteiger partial charge in [-0.3, -0.25) is 9.59 Å². The number of aliphatic carboxylic acids is 1. The summed E-state index contributed by atoms with van der Waals surface area (Å²) in [6.45, 7) is 1.04. The molecule has 0 spiro atoms. The first-order valence-corrected chi connectivity index (χ1v) is 6.91. The Bertz CT molecular complexity index is 585. The molecule has 1 N–H and O–H groups in total. The first-order chi connectivity index (χ1) is 10.1. The van der Waals surface area contributed by atoms with Gasteiger partial charge in [0.15, 0.2) is 0 Å². The normalized spacial score (nSPS) is 23.5. The molecule has 2 aliphatic heterocycles. The maximum Gasteiger partial charge on any atom is 0.311 e. The van der Waals surface area contributed by atoms with E-state index in [1.165, 1.54) is 4.90 Å². The van der Waals surface area contributed by atoms with Crippen molar-refractivity contribution >= 4 is 11.9 Å². The van der Waals surface area contributed by atoms with Crippen LogP contribution in [0.4, 0.5) is 0 Å². The van der Waals surface area contributed by atoms with Gasteiger partial charge in [-0.2, -0.15) is 0 Å². The zero-order valence-electron chi connectivity index (χ0n) is 11.7. The number of ether oxygens (including phenoxy) is 2. The van der Waals surface area contributed by atoms with Crippen molar-refractivity contribution in [3.05, 3.63) is 29.3 Å². The summed E-state index contributed by atoms with van der Waals surface area (Å²) in [4.78, 5) is 25.2. The topological polar surface area (TPSA) is 76.1 Å². The van der Waals surface area contributed by atoms with Crippen LogP contribution in [0.5, 0.6) is 5.75 Å². The number of likely N-dealkylation sites (N-methyl/N-ethyl adjacent to an activating group) is 1. The Labute approximate surface area is 122 Å². The van der Waals surface area contributed by atoms with Crippen LogP contribution in [0, 0.1) is 5.92 Å². The monoisotopic (exact) mass is 291 g/mol. The second-order valence-corrected chi connectivity index (χ2v) is 5.39. The molecule has 1 aromatic rings. The van der Waals surface area contributed by atoms with Crippen molar-refractivity contribution < 1.29 is 24.2 Å². The molecular weight excluding hydrogens is 274 g/mol. The van der Waals surface area contributed by atoms with Gasteiger partial charge in [0.1, 0.15) is 11.7 Å². The van der Waals surface area contributed by atoms with Crippen LogP contribution in [-0.4, -0.2) is 54.8 Å². The molecule has 6 heteroatoms. The summed E-state index contributed by atoms with van der Waals surface area (Å²) in [6.07, 6.45) is 0.796. The average Bonchev–Trinajstić information content (AvgIpc) is 3.13. The van der Waals surface area contributed by atoms with Crippen LogP contribution in [0.25, 0.3) is 0 Å².